The number of likely N-dealkylation sites (N-methyl/N-ethyl adjacent to an activating group) is 1. The third-order valence-corrected chi connectivity index (χ3v) is 2.30. The molecular formula is C8H19NO. The van der Waals surface area contributed by atoms with Crippen LogP contribution in [0.3, 0.4) is 0 Å². The summed E-state index contributed by atoms with van der Waals surface area (Å²) in [6, 6.07) is 0. The lowest BCUT2D eigenvalue weighted by atomic mass is 9.99. The molecule has 1 atom stereocenters. The van der Waals surface area contributed by atoms with E-state index in [1.807, 2.05) is 0 Å². The van der Waals surface area contributed by atoms with Gasteiger partial charge in [0.05, 0.1) is 6.61 Å². The topological polar surface area (TPSA) is 12.5 Å². The molecule has 0 heterocycles. The van der Waals surface area contributed by atoms with E-state index >= 15 is 0 Å². The van der Waals surface area contributed by atoms with Crippen molar-refractivity contribution in [2.75, 3.05) is 27.8 Å². The van der Waals surface area contributed by atoms with Crippen molar-refractivity contribution >= 4 is 0 Å². The first kappa shape index (κ1) is 9.92. The van der Waals surface area contributed by atoms with E-state index in [1.165, 1.54) is 0 Å². The molecule has 1 unspecified atom stereocenters. The summed E-state index contributed by atoms with van der Waals surface area (Å²) in [6.45, 7) is 5.19. The van der Waals surface area contributed by atoms with E-state index in [0.717, 1.165) is 13.0 Å². The van der Waals surface area contributed by atoms with Crippen LogP contribution in [-0.2, 0) is 4.74 Å². The highest BCUT2D eigenvalue weighted by molar-refractivity contribution is 4.80. The van der Waals surface area contributed by atoms with Crippen molar-refractivity contribution in [3.05, 3.63) is 0 Å². The lowest BCUT2D eigenvalue weighted by Crippen LogP contribution is -2.44. The lowest BCUT2D eigenvalue weighted by Gasteiger charge is -2.34. The van der Waals surface area contributed by atoms with Gasteiger partial charge in [-0.2, -0.15) is 0 Å². The van der Waals surface area contributed by atoms with Gasteiger partial charge in [0.25, 0.3) is 0 Å². The van der Waals surface area contributed by atoms with Gasteiger partial charge in [0, 0.05) is 12.6 Å². The zero-order valence-corrected chi connectivity index (χ0v) is 7.77. The van der Waals surface area contributed by atoms with Crippen LogP contribution in [0.1, 0.15) is 20.3 Å². The Kier molecular flexibility index (Phi) is 3.91. The largest absolute Gasteiger partial charge is 0.383 e. The quantitative estimate of drug-likeness (QED) is 0.592. The Bertz CT molecular complexity index is 93.3. The molecule has 0 saturated carbocycles. The van der Waals surface area contributed by atoms with Crippen LogP contribution < -0.4 is 0 Å². The summed E-state index contributed by atoms with van der Waals surface area (Å²) >= 11 is 0. The van der Waals surface area contributed by atoms with Crippen molar-refractivity contribution in [3.8, 4) is 0 Å². The highest BCUT2D eigenvalue weighted by Crippen LogP contribution is 2.15. The van der Waals surface area contributed by atoms with E-state index in [2.05, 4.69) is 32.8 Å². The average molecular weight is 145 g/mol. The SMILES string of the molecule is CCC(C)(COC)N(C)C. The second-order valence-electron chi connectivity index (χ2n) is 3.18. The molecule has 0 aliphatic carbocycles. The number of hydrogen-bond acceptors (Lipinski definition) is 2. The molecule has 0 spiro atoms. The van der Waals surface area contributed by atoms with Crippen LogP contribution in [0.15, 0.2) is 0 Å². The van der Waals surface area contributed by atoms with Gasteiger partial charge in [-0.3, -0.25) is 0 Å². The fourth-order valence-electron chi connectivity index (χ4n) is 0.858. The third-order valence-electron chi connectivity index (χ3n) is 2.30. The molecule has 62 valence electrons. The molecule has 0 fully saturated rings. The molecule has 0 aliphatic heterocycles. The zero-order chi connectivity index (χ0) is 8.20. The number of rotatable bonds is 4. The van der Waals surface area contributed by atoms with Crippen molar-refractivity contribution in [1.29, 1.82) is 0 Å². The Morgan fingerprint density at radius 2 is 1.90 bits per heavy atom. The van der Waals surface area contributed by atoms with Crippen molar-refractivity contribution < 1.29 is 4.74 Å². The summed E-state index contributed by atoms with van der Waals surface area (Å²) in [5.74, 6) is 0. The summed E-state index contributed by atoms with van der Waals surface area (Å²) in [4.78, 5) is 2.20. The van der Waals surface area contributed by atoms with Gasteiger partial charge < -0.3 is 9.64 Å². The first-order valence-electron chi connectivity index (χ1n) is 3.73. The van der Waals surface area contributed by atoms with E-state index in [4.69, 9.17) is 4.74 Å². The highest BCUT2D eigenvalue weighted by atomic mass is 16.5. The Hall–Kier alpha value is -0.0800. The number of methoxy groups -OCH3 is 1. The molecule has 0 rings (SSSR count). The van der Waals surface area contributed by atoms with E-state index in [1.54, 1.807) is 7.11 Å². The summed E-state index contributed by atoms with van der Waals surface area (Å²) in [6.07, 6.45) is 1.12. The number of hydrogen-bond donors (Lipinski definition) is 0. The van der Waals surface area contributed by atoms with E-state index < -0.39 is 0 Å². The van der Waals surface area contributed by atoms with Crippen LogP contribution in [0.25, 0.3) is 0 Å². The second kappa shape index (κ2) is 3.94. The van der Waals surface area contributed by atoms with Gasteiger partial charge in [0.2, 0.25) is 0 Å². The average Bonchev–Trinajstić information content (AvgIpc) is 1.88. The summed E-state index contributed by atoms with van der Waals surface area (Å²) < 4.78 is 5.12. The van der Waals surface area contributed by atoms with Gasteiger partial charge >= 0.3 is 0 Å². The Morgan fingerprint density at radius 1 is 1.40 bits per heavy atom. The Balaban J connectivity index is 3.94. The summed E-state index contributed by atoms with van der Waals surface area (Å²) in [5.41, 5.74) is 0.203. The standard InChI is InChI=1S/C8H19NO/c1-6-8(2,7-10-5)9(3)4/h6-7H2,1-5H3. The number of ether oxygens (including phenoxy) is 1. The van der Waals surface area contributed by atoms with Gasteiger partial charge in [-0.1, -0.05) is 6.92 Å². The van der Waals surface area contributed by atoms with Gasteiger partial charge in [0.1, 0.15) is 0 Å². The molecule has 0 aromatic carbocycles. The molecule has 0 bridgehead atoms. The molecule has 0 aromatic heterocycles. The van der Waals surface area contributed by atoms with Gasteiger partial charge in [-0.05, 0) is 27.4 Å². The Morgan fingerprint density at radius 3 is 2.00 bits per heavy atom. The van der Waals surface area contributed by atoms with Crippen LogP contribution in [0.4, 0.5) is 0 Å². The maximum atomic E-state index is 5.12. The monoisotopic (exact) mass is 145 g/mol. The zero-order valence-electron chi connectivity index (χ0n) is 7.77. The number of nitrogens with zero attached hydrogens (tertiary/aromatic N) is 1. The maximum absolute atomic E-state index is 5.12. The van der Waals surface area contributed by atoms with Crippen LogP contribution >= 0.6 is 0 Å². The van der Waals surface area contributed by atoms with Crippen molar-refractivity contribution in [3.63, 3.8) is 0 Å². The van der Waals surface area contributed by atoms with Crippen molar-refractivity contribution in [2.24, 2.45) is 0 Å². The van der Waals surface area contributed by atoms with E-state index in [-0.39, 0.29) is 5.54 Å². The molecule has 0 aliphatic rings. The molecule has 0 radical (unpaired) electrons. The fraction of sp³-hybridized carbons (Fsp3) is 1.00. The minimum absolute atomic E-state index is 0.203. The molecule has 0 N–H and O–H groups in total. The van der Waals surface area contributed by atoms with Crippen molar-refractivity contribution in [1.82, 2.24) is 4.90 Å². The van der Waals surface area contributed by atoms with Crippen LogP contribution in [0.2, 0.25) is 0 Å². The predicted octanol–water partition coefficient (Wildman–Crippen LogP) is 1.36. The molecule has 0 aromatic rings. The molecule has 0 amide bonds. The maximum Gasteiger partial charge on any atom is 0.0643 e. The minimum Gasteiger partial charge on any atom is -0.383 e. The molecule has 2 heteroatoms. The first-order valence-corrected chi connectivity index (χ1v) is 3.73. The summed E-state index contributed by atoms with van der Waals surface area (Å²) in [5, 5.41) is 0. The summed E-state index contributed by atoms with van der Waals surface area (Å²) in [7, 11) is 5.92. The molecule has 2 nitrogen and oxygen atoms in total. The lowest BCUT2D eigenvalue weighted by molar-refractivity contribution is 0.0505. The van der Waals surface area contributed by atoms with Crippen LogP contribution in [0.5, 0.6) is 0 Å². The van der Waals surface area contributed by atoms with Gasteiger partial charge in [0.15, 0.2) is 0 Å². The first-order chi connectivity index (χ1) is 4.56. The predicted molar refractivity (Wildman–Crippen MR) is 44.3 cm³/mol. The van der Waals surface area contributed by atoms with Crippen LogP contribution in [-0.4, -0.2) is 38.3 Å². The Labute approximate surface area is 64.2 Å². The van der Waals surface area contributed by atoms with Crippen LogP contribution in [0, 0.1) is 0 Å². The molecular weight excluding hydrogens is 126 g/mol. The molecule has 10 heavy (non-hydrogen) atoms. The third kappa shape index (κ3) is 2.27. The smallest absolute Gasteiger partial charge is 0.0643 e. The highest BCUT2D eigenvalue weighted by Gasteiger charge is 2.23. The van der Waals surface area contributed by atoms with E-state index in [9.17, 15) is 0 Å². The van der Waals surface area contributed by atoms with Gasteiger partial charge in [-0.15, -0.1) is 0 Å². The fourth-order valence-corrected chi connectivity index (χ4v) is 0.858. The van der Waals surface area contributed by atoms with Crippen molar-refractivity contribution in [2.45, 2.75) is 25.8 Å². The minimum atomic E-state index is 0.203. The normalized spacial score (nSPS) is 17.4. The van der Waals surface area contributed by atoms with E-state index in [0.29, 0.717) is 0 Å². The van der Waals surface area contributed by atoms with Gasteiger partial charge in [-0.25, -0.2) is 0 Å². The molecule has 0 saturated heterocycles. The second-order valence-corrected chi connectivity index (χ2v) is 3.18.